The van der Waals surface area contributed by atoms with E-state index in [4.69, 9.17) is 4.74 Å². The van der Waals surface area contributed by atoms with Crippen molar-refractivity contribution in [3.63, 3.8) is 0 Å². The minimum atomic E-state index is 0.741. The number of H-pyrrole nitrogens is 1. The third-order valence-electron chi connectivity index (χ3n) is 2.68. The average molecular weight is 240 g/mol. The summed E-state index contributed by atoms with van der Waals surface area (Å²) in [7, 11) is 1.65. The quantitative estimate of drug-likeness (QED) is 0.764. The van der Waals surface area contributed by atoms with E-state index >= 15 is 0 Å². The molecule has 90 valence electrons. The van der Waals surface area contributed by atoms with Crippen LogP contribution in [-0.2, 0) is 0 Å². The van der Waals surface area contributed by atoms with E-state index in [2.05, 4.69) is 15.0 Å². The molecule has 0 saturated carbocycles. The van der Waals surface area contributed by atoms with E-state index in [-0.39, 0.29) is 0 Å². The molecule has 18 heavy (non-hydrogen) atoms. The molecule has 1 aromatic carbocycles. The number of benzene rings is 1. The summed E-state index contributed by atoms with van der Waals surface area (Å²) in [5.41, 5.74) is 0.982. The third-order valence-corrected chi connectivity index (χ3v) is 2.68. The van der Waals surface area contributed by atoms with Crippen molar-refractivity contribution in [3.8, 4) is 23.1 Å². The predicted octanol–water partition coefficient (Wildman–Crippen LogP) is 2.27. The number of imidazole rings is 2. The predicted molar refractivity (Wildman–Crippen MR) is 67.7 cm³/mol. The Kier molecular flexibility index (Phi) is 2.57. The molecule has 0 amide bonds. The SMILES string of the molecule is COc1cccc(-c2nccn2-c2ncc[nH]2)c1. The van der Waals surface area contributed by atoms with Crippen molar-refractivity contribution in [1.29, 1.82) is 0 Å². The maximum Gasteiger partial charge on any atom is 0.212 e. The lowest BCUT2D eigenvalue weighted by atomic mass is 10.2. The fourth-order valence-electron chi connectivity index (χ4n) is 1.84. The standard InChI is InChI=1S/C13H12N4O/c1-18-11-4-2-3-10(9-11)12-14-7-8-17(12)13-15-5-6-16-13/h2-9H,1H3,(H,15,16). The van der Waals surface area contributed by atoms with Crippen molar-refractivity contribution in [1.82, 2.24) is 19.5 Å². The number of methoxy groups -OCH3 is 1. The number of hydrogen-bond donors (Lipinski definition) is 1. The molecule has 0 aliphatic heterocycles. The van der Waals surface area contributed by atoms with Gasteiger partial charge in [0, 0.05) is 30.4 Å². The molecule has 0 saturated heterocycles. The molecule has 0 bridgehead atoms. The molecule has 3 rings (SSSR count). The van der Waals surface area contributed by atoms with Gasteiger partial charge in [0.25, 0.3) is 0 Å². The van der Waals surface area contributed by atoms with Crippen LogP contribution in [0.4, 0.5) is 0 Å². The summed E-state index contributed by atoms with van der Waals surface area (Å²) >= 11 is 0. The molecule has 2 heterocycles. The first-order chi connectivity index (χ1) is 8.88. The normalized spacial score (nSPS) is 10.5. The summed E-state index contributed by atoms with van der Waals surface area (Å²) in [6.07, 6.45) is 7.11. The van der Waals surface area contributed by atoms with E-state index < -0.39 is 0 Å². The van der Waals surface area contributed by atoms with E-state index in [1.54, 1.807) is 25.7 Å². The van der Waals surface area contributed by atoms with Crippen LogP contribution in [0.1, 0.15) is 0 Å². The summed E-state index contributed by atoms with van der Waals surface area (Å²) in [5.74, 6) is 2.37. The highest BCUT2D eigenvalue weighted by Crippen LogP contribution is 2.23. The van der Waals surface area contributed by atoms with Crippen LogP contribution in [-0.4, -0.2) is 26.6 Å². The Bertz CT molecular complexity index is 643. The fraction of sp³-hybridized carbons (Fsp3) is 0.0769. The Morgan fingerprint density at radius 1 is 1.22 bits per heavy atom. The molecular formula is C13H12N4O. The Labute approximate surface area is 104 Å². The first-order valence-corrected chi connectivity index (χ1v) is 5.56. The maximum atomic E-state index is 5.22. The molecule has 0 unspecified atom stereocenters. The minimum absolute atomic E-state index is 0.741. The molecule has 0 atom stereocenters. The first-order valence-electron chi connectivity index (χ1n) is 5.56. The van der Waals surface area contributed by atoms with Gasteiger partial charge in [-0.25, -0.2) is 9.97 Å². The van der Waals surface area contributed by atoms with Crippen LogP contribution in [0.15, 0.2) is 49.1 Å². The summed E-state index contributed by atoms with van der Waals surface area (Å²) < 4.78 is 7.12. The highest BCUT2D eigenvalue weighted by molar-refractivity contribution is 5.59. The Hall–Kier alpha value is -2.56. The molecule has 5 nitrogen and oxygen atoms in total. The zero-order valence-corrected chi connectivity index (χ0v) is 9.87. The van der Waals surface area contributed by atoms with Crippen LogP contribution in [0, 0.1) is 0 Å². The van der Waals surface area contributed by atoms with Gasteiger partial charge in [-0.3, -0.25) is 4.57 Å². The number of aromatic amines is 1. The zero-order valence-electron chi connectivity index (χ0n) is 9.87. The van der Waals surface area contributed by atoms with Crippen LogP contribution in [0.25, 0.3) is 17.3 Å². The van der Waals surface area contributed by atoms with Crippen molar-refractivity contribution in [3.05, 3.63) is 49.1 Å². The topological polar surface area (TPSA) is 55.7 Å². The van der Waals surface area contributed by atoms with Gasteiger partial charge < -0.3 is 9.72 Å². The number of hydrogen-bond acceptors (Lipinski definition) is 3. The highest BCUT2D eigenvalue weighted by Gasteiger charge is 2.09. The molecule has 0 radical (unpaired) electrons. The molecule has 3 aromatic rings. The molecule has 1 N–H and O–H groups in total. The van der Waals surface area contributed by atoms with Gasteiger partial charge >= 0.3 is 0 Å². The molecule has 0 aliphatic rings. The molecule has 0 aliphatic carbocycles. The molecule has 2 aromatic heterocycles. The fourth-order valence-corrected chi connectivity index (χ4v) is 1.84. The average Bonchev–Trinajstić information content (AvgIpc) is 3.09. The van der Waals surface area contributed by atoms with E-state index in [1.807, 2.05) is 35.0 Å². The van der Waals surface area contributed by atoms with Gasteiger partial charge in [-0.1, -0.05) is 12.1 Å². The van der Waals surface area contributed by atoms with Gasteiger partial charge in [0.05, 0.1) is 7.11 Å². The number of ether oxygens (including phenoxy) is 1. The Morgan fingerprint density at radius 3 is 2.94 bits per heavy atom. The molecular weight excluding hydrogens is 228 g/mol. The molecule has 0 fully saturated rings. The van der Waals surface area contributed by atoms with E-state index in [0.29, 0.717) is 0 Å². The van der Waals surface area contributed by atoms with Crippen molar-refractivity contribution in [2.24, 2.45) is 0 Å². The Balaban J connectivity index is 2.10. The molecule has 5 heteroatoms. The molecule has 0 spiro atoms. The number of nitrogens with one attached hydrogen (secondary N) is 1. The summed E-state index contributed by atoms with van der Waals surface area (Å²) in [6.45, 7) is 0. The lowest BCUT2D eigenvalue weighted by molar-refractivity contribution is 0.415. The second kappa shape index (κ2) is 4.37. The Morgan fingerprint density at radius 2 is 2.17 bits per heavy atom. The van der Waals surface area contributed by atoms with Gasteiger partial charge in [-0.05, 0) is 12.1 Å². The third kappa shape index (κ3) is 1.75. The number of nitrogens with zero attached hydrogens (tertiary/aromatic N) is 3. The highest BCUT2D eigenvalue weighted by atomic mass is 16.5. The van der Waals surface area contributed by atoms with Crippen LogP contribution >= 0.6 is 0 Å². The van der Waals surface area contributed by atoms with E-state index in [0.717, 1.165) is 23.1 Å². The van der Waals surface area contributed by atoms with Crippen molar-refractivity contribution < 1.29 is 4.74 Å². The van der Waals surface area contributed by atoms with Crippen LogP contribution in [0.3, 0.4) is 0 Å². The van der Waals surface area contributed by atoms with Crippen LogP contribution in [0.5, 0.6) is 5.75 Å². The monoisotopic (exact) mass is 240 g/mol. The lowest BCUT2D eigenvalue weighted by Gasteiger charge is -2.06. The van der Waals surface area contributed by atoms with Gasteiger partial charge in [-0.15, -0.1) is 0 Å². The van der Waals surface area contributed by atoms with E-state index in [1.165, 1.54) is 0 Å². The van der Waals surface area contributed by atoms with Gasteiger partial charge in [0.2, 0.25) is 5.95 Å². The largest absolute Gasteiger partial charge is 0.497 e. The van der Waals surface area contributed by atoms with E-state index in [9.17, 15) is 0 Å². The van der Waals surface area contributed by atoms with Gasteiger partial charge in [-0.2, -0.15) is 0 Å². The number of rotatable bonds is 3. The summed E-state index contributed by atoms with van der Waals surface area (Å²) in [6, 6.07) is 7.78. The second-order valence-electron chi connectivity index (χ2n) is 3.77. The van der Waals surface area contributed by atoms with Crippen molar-refractivity contribution >= 4 is 0 Å². The van der Waals surface area contributed by atoms with Crippen LogP contribution in [0.2, 0.25) is 0 Å². The smallest absolute Gasteiger partial charge is 0.212 e. The van der Waals surface area contributed by atoms with Crippen LogP contribution < -0.4 is 4.74 Å². The van der Waals surface area contributed by atoms with Gasteiger partial charge in [0.15, 0.2) is 0 Å². The number of aromatic nitrogens is 4. The second-order valence-corrected chi connectivity index (χ2v) is 3.77. The lowest BCUT2D eigenvalue weighted by Crippen LogP contribution is -1.98. The maximum absolute atomic E-state index is 5.22. The summed E-state index contributed by atoms with van der Waals surface area (Å²) in [5, 5.41) is 0. The zero-order chi connectivity index (χ0) is 12.4. The summed E-state index contributed by atoms with van der Waals surface area (Å²) in [4.78, 5) is 11.6. The van der Waals surface area contributed by atoms with Crippen molar-refractivity contribution in [2.75, 3.05) is 7.11 Å². The first kappa shape index (κ1) is 10.6. The minimum Gasteiger partial charge on any atom is -0.497 e. The van der Waals surface area contributed by atoms with Crippen molar-refractivity contribution in [2.45, 2.75) is 0 Å². The van der Waals surface area contributed by atoms with Gasteiger partial charge in [0.1, 0.15) is 11.6 Å².